The first-order valence-corrected chi connectivity index (χ1v) is 4.61. The molecule has 0 aliphatic carbocycles. The van der Waals surface area contributed by atoms with Crippen molar-refractivity contribution in [1.29, 1.82) is 0 Å². The number of aryl methyl sites for hydroxylation is 1. The van der Waals surface area contributed by atoms with Crippen molar-refractivity contribution < 1.29 is 10.2 Å². The molecular formula is C11H16O2. The van der Waals surface area contributed by atoms with Gasteiger partial charge in [-0.25, -0.2) is 0 Å². The molecule has 2 N–H and O–H groups in total. The van der Waals surface area contributed by atoms with Gasteiger partial charge in [0.15, 0.2) is 0 Å². The number of benzene rings is 1. The highest BCUT2D eigenvalue weighted by Gasteiger charge is 2.09. The maximum atomic E-state index is 9.52. The molecule has 0 heterocycles. The molecule has 0 unspecified atom stereocenters. The minimum absolute atomic E-state index is 0.185. The predicted octanol–water partition coefficient (Wildman–Crippen LogP) is 2.78. The van der Waals surface area contributed by atoms with Gasteiger partial charge in [-0.15, -0.1) is 0 Å². The Hall–Kier alpha value is -1.18. The summed E-state index contributed by atoms with van der Waals surface area (Å²) in [7, 11) is 0. The van der Waals surface area contributed by atoms with Crippen molar-refractivity contribution >= 4 is 0 Å². The number of hydrogen-bond acceptors (Lipinski definition) is 2. The summed E-state index contributed by atoms with van der Waals surface area (Å²) in [4.78, 5) is 0. The Labute approximate surface area is 78.8 Å². The van der Waals surface area contributed by atoms with Gasteiger partial charge in [-0.05, 0) is 29.5 Å². The molecule has 0 spiro atoms. The third kappa shape index (κ3) is 1.94. The lowest BCUT2D eigenvalue weighted by atomic mass is 9.98. The molecule has 1 rings (SSSR count). The summed E-state index contributed by atoms with van der Waals surface area (Å²) < 4.78 is 0. The second kappa shape index (κ2) is 3.69. The monoisotopic (exact) mass is 180 g/mol. The molecule has 0 aliphatic heterocycles. The Balaban J connectivity index is 3.22. The fourth-order valence-electron chi connectivity index (χ4n) is 1.39. The lowest BCUT2D eigenvalue weighted by Gasteiger charge is -2.11. The van der Waals surface area contributed by atoms with Gasteiger partial charge in [0, 0.05) is 6.07 Å². The summed E-state index contributed by atoms with van der Waals surface area (Å²) in [5.74, 6) is 0.653. The van der Waals surface area contributed by atoms with E-state index in [1.807, 2.05) is 26.8 Å². The second-order valence-corrected chi connectivity index (χ2v) is 3.55. The predicted molar refractivity (Wildman–Crippen MR) is 53.2 cm³/mol. The molecule has 0 saturated carbocycles. The van der Waals surface area contributed by atoms with Gasteiger partial charge in [0.1, 0.15) is 11.5 Å². The summed E-state index contributed by atoms with van der Waals surface area (Å²) in [5.41, 5.74) is 1.79. The van der Waals surface area contributed by atoms with Crippen molar-refractivity contribution in [1.82, 2.24) is 0 Å². The number of rotatable bonds is 2. The minimum Gasteiger partial charge on any atom is -0.508 e. The molecule has 2 nitrogen and oxygen atoms in total. The first-order valence-electron chi connectivity index (χ1n) is 4.61. The van der Waals surface area contributed by atoms with Crippen LogP contribution in [0.25, 0.3) is 0 Å². The fraction of sp³-hybridized carbons (Fsp3) is 0.455. The van der Waals surface area contributed by atoms with Gasteiger partial charge in [0.2, 0.25) is 0 Å². The van der Waals surface area contributed by atoms with Crippen LogP contribution in [0.15, 0.2) is 12.1 Å². The van der Waals surface area contributed by atoms with Crippen LogP contribution < -0.4 is 0 Å². The van der Waals surface area contributed by atoms with Crippen molar-refractivity contribution in [2.45, 2.75) is 33.1 Å². The normalized spacial score (nSPS) is 10.8. The van der Waals surface area contributed by atoms with E-state index in [0.29, 0.717) is 0 Å². The van der Waals surface area contributed by atoms with Crippen molar-refractivity contribution in [3.8, 4) is 11.5 Å². The zero-order valence-electron chi connectivity index (χ0n) is 8.33. The number of hydrogen-bond donors (Lipinski definition) is 2. The number of phenols is 2. The first kappa shape index (κ1) is 9.90. The molecule has 0 radical (unpaired) electrons. The Morgan fingerprint density at radius 3 is 2.23 bits per heavy atom. The summed E-state index contributed by atoms with van der Waals surface area (Å²) in [6, 6.07) is 3.30. The summed E-state index contributed by atoms with van der Waals surface area (Å²) in [5, 5.41) is 19.0. The van der Waals surface area contributed by atoms with Gasteiger partial charge in [0.05, 0.1) is 0 Å². The second-order valence-electron chi connectivity index (χ2n) is 3.55. The van der Waals surface area contributed by atoms with Gasteiger partial charge >= 0.3 is 0 Å². The van der Waals surface area contributed by atoms with E-state index in [2.05, 4.69) is 0 Å². The standard InChI is InChI=1S/C11H16O2/c1-4-8-5-9(7(2)3)11(13)6-10(8)12/h5-7,12-13H,4H2,1-3H3. The topological polar surface area (TPSA) is 40.5 Å². The van der Waals surface area contributed by atoms with E-state index in [9.17, 15) is 10.2 Å². The highest BCUT2D eigenvalue weighted by Crippen LogP contribution is 2.32. The van der Waals surface area contributed by atoms with E-state index in [1.54, 1.807) is 0 Å². The summed E-state index contributed by atoms with van der Waals surface area (Å²) in [6.07, 6.45) is 0.784. The molecule has 0 amide bonds. The third-order valence-corrected chi connectivity index (χ3v) is 2.23. The van der Waals surface area contributed by atoms with Gasteiger partial charge in [-0.3, -0.25) is 0 Å². The van der Waals surface area contributed by atoms with Gasteiger partial charge < -0.3 is 10.2 Å². The molecule has 72 valence electrons. The van der Waals surface area contributed by atoms with Gasteiger partial charge in [-0.1, -0.05) is 20.8 Å². The van der Waals surface area contributed by atoms with E-state index in [0.717, 1.165) is 17.5 Å². The van der Waals surface area contributed by atoms with Crippen LogP contribution in [0, 0.1) is 0 Å². The van der Waals surface area contributed by atoms with Crippen LogP contribution in [-0.4, -0.2) is 10.2 Å². The quantitative estimate of drug-likeness (QED) is 0.734. The molecule has 0 aromatic heterocycles. The van der Waals surface area contributed by atoms with Crippen molar-refractivity contribution in [3.63, 3.8) is 0 Å². The summed E-state index contributed by atoms with van der Waals surface area (Å²) >= 11 is 0. The van der Waals surface area contributed by atoms with Crippen molar-refractivity contribution in [2.75, 3.05) is 0 Å². The molecule has 2 heteroatoms. The molecule has 0 bridgehead atoms. The Kier molecular flexibility index (Phi) is 2.81. The van der Waals surface area contributed by atoms with E-state index in [1.165, 1.54) is 6.07 Å². The maximum absolute atomic E-state index is 9.52. The molecule has 0 saturated heterocycles. The fourth-order valence-corrected chi connectivity index (χ4v) is 1.39. The Bertz CT molecular complexity index is 303. The van der Waals surface area contributed by atoms with Crippen molar-refractivity contribution in [3.05, 3.63) is 23.3 Å². The van der Waals surface area contributed by atoms with Gasteiger partial charge in [-0.2, -0.15) is 0 Å². The zero-order valence-corrected chi connectivity index (χ0v) is 8.33. The van der Waals surface area contributed by atoms with Crippen LogP contribution in [0.2, 0.25) is 0 Å². The Morgan fingerprint density at radius 2 is 1.77 bits per heavy atom. The molecule has 1 aromatic carbocycles. The lowest BCUT2D eigenvalue weighted by molar-refractivity contribution is 0.440. The molecule has 0 atom stereocenters. The zero-order chi connectivity index (χ0) is 10.0. The van der Waals surface area contributed by atoms with Crippen LogP contribution in [0.1, 0.15) is 37.8 Å². The van der Waals surface area contributed by atoms with Crippen LogP contribution in [0.3, 0.4) is 0 Å². The molecule has 0 fully saturated rings. The number of aromatic hydroxyl groups is 2. The van der Waals surface area contributed by atoms with E-state index in [4.69, 9.17) is 0 Å². The van der Waals surface area contributed by atoms with E-state index >= 15 is 0 Å². The maximum Gasteiger partial charge on any atom is 0.122 e. The first-order chi connectivity index (χ1) is 6.06. The average Bonchev–Trinajstić information content (AvgIpc) is 2.03. The third-order valence-electron chi connectivity index (χ3n) is 2.23. The summed E-state index contributed by atoms with van der Waals surface area (Å²) in [6.45, 7) is 6.02. The smallest absolute Gasteiger partial charge is 0.122 e. The average molecular weight is 180 g/mol. The van der Waals surface area contributed by atoms with Crippen molar-refractivity contribution in [2.24, 2.45) is 0 Å². The minimum atomic E-state index is 0.185. The molecule has 1 aromatic rings. The van der Waals surface area contributed by atoms with E-state index in [-0.39, 0.29) is 17.4 Å². The van der Waals surface area contributed by atoms with Gasteiger partial charge in [0.25, 0.3) is 0 Å². The number of phenolic OH excluding ortho intramolecular Hbond substituents is 2. The molecule has 0 aliphatic rings. The van der Waals surface area contributed by atoms with Crippen LogP contribution in [-0.2, 0) is 6.42 Å². The Morgan fingerprint density at radius 1 is 1.15 bits per heavy atom. The van der Waals surface area contributed by atoms with Crippen LogP contribution >= 0.6 is 0 Å². The highest BCUT2D eigenvalue weighted by molar-refractivity contribution is 5.46. The van der Waals surface area contributed by atoms with Crippen LogP contribution in [0.4, 0.5) is 0 Å². The van der Waals surface area contributed by atoms with Crippen LogP contribution in [0.5, 0.6) is 11.5 Å². The largest absolute Gasteiger partial charge is 0.508 e. The SMILES string of the molecule is CCc1cc(C(C)C)c(O)cc1O. The molecular weight excluding hydrogens is 164 g/mol. The lowest BCUT2D eigenvalue weighted by Crippen LogP contribution is -1.91. The van der Waals surface area contributed by atoms with E-state index < -0.39 is 0 Å². The molecule has 13 heavy (non-hydrogen) atoms. The highest BCUT2D eigenvalue weighted by atomic mass is 16.3.